The molecule has 4 heteroatoms. The van der Waals surface area contributed by atoms with Crippen molar-refractivity contribution < 1.29 is 9.90 Å². The second-order valence-corrected chi connectivity index (χ2v) is 5.81. The van der Waals surface area contributed by atoms with Crippen molar-refractivity contribution in [3.8, 4) is 0 Å². The molecule has 17 heavy (non-hydrogen) atoms. The Morgan fingerprint density at radius 1 is 1.41 bits per heavy atom. The summed E-state index contributed by atoms with van der Waals surface area (Å²) in [6.45, 7) is 4.79. The van der Waals surface area contributed by atoms with E-state index in [-0.39, 0.29) is 5.91 Å². The van der Waals surface area contributed by atoms with Gasteiger partial charge in [0.2, 0.25) is 5.91 Å². The van der Waals surface area contributed by atoms with Crippen LogP contribution in [0.25, 0.3) is 0 Å². The monoisotopic (exact) mass is 240 g/mol. The predicted molar refractivity (Wildman–Crippen MR) is 66.6 cm³/mol. The Morgan fingerprint density at radius 3 is 2.88 bits per heavy atom. The van der Waals surface area contributed by atoms with Crippen LogP contribution < -0.4 is 5.32 Å². The van der Waals surface area contributed by atoms with Crippen LogP contribution in [0.5, 0.6) is 0 Å². The number of hydrogen-bond acceptors (Lipinski definition) is 3. The maximum absolute atomic E-state index is 11.9. The highest BCUT2D eigenvalue weighted by Crippen LogP contribution is 2.27. The maximum atomic E-state index is 11.9. The molecule has 0 radical (unpaired) electrons. The Kier molecular flexibility index (Phi) is 4.05. The molecule has 98 valence electrons. The molecule has 4 nitrogen and oxygen atoms in total. The van der Waals surface area contributed by atoms with Crippen LogP contribution in [0, 0.1) is 5.92 Å². The molecule has 2 fully saturated rings. The number of carbonyl (C=O) groups is 1. The average Bonchev–Trinajstić information content (AvgIpc) is 3.06. The lowest BCUT2D eigenvalue weighted by Gasteiger charge is -2.22. The van der Waals surface area contributed by atoms with Gasteiger partial charge in [0.15, 0.2) is 0 Å². The molecular formula is C13H24N2O2. The van der Waals surface area contributed by atoms with Crippen molar-refractivity contribution in [3.63, 3.8) is 0 Å². The second kappa shape index (κ2) is 5.36. The van der Waals surface area contributed by atoms with Gasteiger partial charge in [0.1, 0.15) is 0 Å². The third kappa shape index (κ3) is 4.28. The molecule has 1 aliphatic carbocycles. The summed E-state index contributed by atoms with van der Waals surface area (Å²) in [5.41, 5.74) is -0.587. The summed E-state index contributed by atoms with van der Waals surface area (Å²) < 4.78 is 0. The van der Waals surface area contributed by atoms with Crippen LogP contribution in [0.15, 0.2) is 0 Å². The molecular weight excluding hydrogens is 216 g/mol. The van der Waals surface area contributed by atoms with Gasteiger partial charge in [-0.3, -0.25) is 4.79 Å². The van der Waals surface area contributed by atoms with E-state index in [0.29, 0.717) is 19.5 Å². The minimum Gasteiger partial charge on any atom is -0.390 e. The van der Waals surface area contributed by atoms with Gasteiger partial charge in [-0.25, -0.2) is 0 Å². The Morgan fingerprint density at radius 2 is 2.18 bits per heavy atom. The first-order valence-corrected chi connectivity index (χ1v) is 6.78. The largest absolute Gasteiger partial charge is 0.390 e. The van der Waals surface area contributed by atoms with E-state index < -0.39 is 5.60 Å². The topological polar surface area (TPSA) is 52.6 Å². The molecule has 2 N–H and O–H groups in total. The smallest absolute Gasteiger partial charge is 0.236 e. The highest BCUT2D eigenvalue weighted by atomic mass is 16.3. The Bertz CT molecular complexity index is 275. The SMILES string of the molecule is CC1(O)CCCN(C(=O)CNCC2CC2)CC1. The number of nitrogens with one attached hydrogen (secondary N) is 1. The van der Waals surface area contributed by atoms with E-state index in [1.807, 2.05) is 11.8 Å². The standard InChI is InChI=1S/C13H24N2O2/c1-13(17)5-2-7-15(8-6-13)12(16)10-14-9-11-3-4-11/h11,14,17H,2-10H2,1H3. The van der Waals surface area contributed by atoms with Crippen LogP contribution in [0.4, 0.5) is 0 Å². The Labute approximate surface area is 103 Å². The second-order valence-electron chi connectivity index (χ2n) is 5.81. The molecule has 0 bridgehead atoms. The summed E-state index contributed by atoms with van der Waals surface area (Å²) in [5, 5.41) is 13.2. The number of likely N-dealkylation sites (tertiary alicyclic amines) is 1. The molecule has 2 rings (SSSR count). The normalized spacial score (nSPS) is 30.1. The van der Waals surface area contributed by atoms with Crippen molar-refractivity contribution in [2.45, 2.75) is 44.6 Å². The zero-order valence-electron chi connectivity index (χ0n) is 10.7. The van der Waals surface area contributed by atoms with E-state index in [2.05, 4.69) is 5.32 Å². The van der Waals surface area contributed by atoms with Crippen LogP contribution in [0.2, 0.25) is 0 Å². The van der Waals surface area contributed by atoms with Crippen LogP contribution in [-0.2, 0) is 4.79 Å². The van der Waals surface area contributed by atoms with Gasteiger partial charge in [-0.2, -0.15) is 0 Å². The molecule has 1 amide bonds. The van der Waals surface area contributed by atoms with Gasteiger partial charge in [-0.15, -0.1) is 0 Å². The first-order valence-electron chi connectivity index (χ1n) is 6.78. The third-order valence-electron chi connectivity index (χ3n) is 3.82. The van der Waals surface area contributed by atoms with Gasteiger partial charge in [0, 0.05) is 13.1 Å². The van der Waals surface area contributed by atoms with Gasteiger partial charge in [0.05, 0.1) is 12.1 Å². The molecule has 1 saturated carbocycles. The van der Waals surface area contributed by atoms with Crippen molar-refractivity contribution in [1.82, 2.24) is 10.2 Å². The number of amides is 1. The zero-order valence-corrected chi connectivity index (χ0v) is 10.7. The number of hydrogen-bond donors (Lipinski definition) is 2. The summed E-state index contributed by atoms with van der Waals surface area (Å²) in [4.78, 5) is 13.8. The minimum absolute atomic E-state index is 0.184. The van der Waals surface area contributed by atoms with Gasteiger partial charge >= 0.3 is 0 Å². The summed E-state index contributed by atoms with van der Waals surface area (Å²) in [7, 11) is 0. The van der Waals surface area contributed by atoms with Crippen molar-refractivity contribution in [1.29, 1.82) is 0 Å². The fourth-order valence-electron chi connectivity index (χ4n) is 2.33. The number of rotatable bonds is 4. The molecule has 1 aliphatic heterocycles. The Balaban J connectivity index is 1.70. The van der Waals surface area contributed by atoms with Gasteiger partial charge in [-0.05, 0) is 51.5 Å². The molecule has 0 aromatic carbocycles. The van der Waals surface area contributed by atoms with Crippen LogP contribution in [0.1, 0.15) is 39.0 Å². The lowest BCUT2D eigenvalue weighted by molar-refractivity contribution is -0.130. The summed E-state index contributed by atoms with van der Waals surface area (Å²) >= 11 is 0. The number of carbonyl (C=O) groups excluding carboxylic acids is 1. The predicted octanol–water partition coefficient (Wildman–Crippen LogP) is 0.749. The van der Waals surface area contributed by atoms with E-state index in [1.54, 1.807) is 0 Å². The molecule has 1 atom stereocenters. The van der Waals surface area contributed by atoms with E-state index >= 15 is 0 Å². The minimum atomic E-state index is -0.587. The van der Waals surface area contributed by atoms with E-state index in [1.165, 1.54) is 12.8 Å². The molecule has 0 aromatic rings. The zero-order chi connectivity index (χ0) is 12.3. The highest BCUT2D eigenvalue weighted by Gasteiger charge is 2.27. The van der Waals surface area contributed by atoms with E-state index in [9.17, 15) is 9.90 Å². The van der Waals surface area contributed by atoms with Crippen LogP contribution >= 0.6 is 0 Å². The number of aliphatic hydroxyl groups is 1. The van der Waals surface area contributed by atoms with E-state index in [4.69, 9.17) is 0 Å². The maximum Gasteiger partial charge on any atom is 0.236 e. The quantitative estimate of drug-likeness (QED) is 0.762. The number of nitrogens with zero attached hydrogens (tertiary/aromatic N) is 1. The van der Waals surface area contributed by atoms with E-state index in [0.717, 1.165) is 31.8 Å². The highest BCUT2D eigenvalue weighted by molar-refractivity contribution is 5.78. The first-order chi connectivity index (χ1) is 8.07. The Hall–Kier alpha value is -0.610. The van der Waals surface area contributed by atoms with Crippen molar-refractivity contribution in [3.05, 3.63) is 0 Å². The first kappa shape index (κ1) is 12.8. The van der Waals surface area contributed by atoms with Gasteiger partial charge in [-0.1, -0.05) is 0 Å². The fourth-order valence-corrected chi connectivity index (χ4v) is 2.33. The van der Waals surface area contributed by atoms with Crippen molar-refractivity contribution in [2.24, 2.45) is 5.92 Å². The molecule has 2 aliphatic rings. The summed E-state index contributed by atoms with van der Waals surface area (Å²) in [6, 6.07) is 0. The molecule has 1 saturated heterocycles. The lowest BCUT2D eigenvalue weighted by atomic mass is 9.98. The van der Waals surface area contributed by atoms with Crippen molar-refractivity contribution in [2.75, 3.05) is 26.2 Å². The molecule has 0 spiro atoms. The van der Waals surface area contributed by atoms with Crippen molar-refractivity contribution >= 4 is 5.91 Å². The van der Waals surface area contributed by atoms with Crippen LogP contribution in [0.3, 0.4) is 0 Å². The summed E-state index contributed by atoms with van der Waals surface area (Å²) in [5.74, 6) is 0.996. The van der Waals surface area contributed by atoms with Gasteiger partial charge in [0.25, 0.3) is 0 Å². The fraction of sp³-hybridized carbons (Fsp3) is 0.923. The molecule has 1 unspecified atom stereocenters. The molecule has 0 aromatic heterocycles. The average molecular weight is 240 g/mol. The lowest BCUT2D eigenvalue weighted by Crippen LogP contribution is -2.39. The van der Waals surface area contributed by atoms with Crippen LogP contribution in [-0.4, -0.2) is 47.7 Å². The van der Waals surface area contributed by atoms with Gasteiger partial charge < -0.3 is 15.3 Å². The summed E-state index contributed by atoms with van der Waals surface area (Å²) in [6.07, 6.45) is 5.02. The third-order valence-corrected chi connectivity index (χ3v) is 3.82. The molecule has 1 heterocycles.